The minimum absolute atomic E-state index is 0.186. The molecular formula is C16H23ClO3S. The maximum atomic E-state index is 11.4. The third-order valence-corrected chi connectivity index (χ3v) is 6.19. The summed E-state index contributed by atoms with van der Waals surface area (Å²) in [6, 6.07) is 3.82. The monoisotopic (exact) mass is 330 g/mol. The average molecular weight is 331 g/mol. The highest BCUT2D eigenvalue weighted by Crippen LogP contribution is 2.42. The molecule has 0 radical (unpaired) electrons. The summed E-state index contributed by atoms with van der Waals surface area (Å²) >= 11 is 7.92. The van der Waals surface area contributed by atoms with E-state index < -0.39 is 0 Å². The van der Waals surface area contributed by atoms with E-state index in [1.165, 1.54) is 23.3 Å². The van der Waals surface area contributed by atoms with E-state index in [4.69, 9.17) is 16.3 Å². The van der Waals surface area contributed by atoms with E-state index in [-0.39, 0.29) is 18.0 Å². The number of alkyl halides is 1. The third kappa shape index (κ3) is 3.99. The van der Waals surface area contributed by atoms with Gasteiger partial charge in [-0.25, -0.2) is 4.79 Å². The highest BCUT2D eigenvalue weighted by atomic mass is 35.5. The molecule has 0 bridgehead atoms. The van der Waals surface area contributed by atoms with Crippen molar-refractivity contribution in [1.82, 2.24) is 0 Å². The van der Waals surface area contributed by atoms with E-state index in [9.17, 15) is 9.90 Å². The number of rotatable bonds is 6. The Morgan fingerprint density at radius 2 is 2.24 bits per heavy atom. The molecule has 2 rings (SSSR count). The average Bonchev–Trinajstić information content (AvgIpc) is 3.03. The van der Waals surface area contributed by atoms with Gasteiger partial charge in [0.05, 0.1) is 7.11 Å². The van der Waals surface area contributed by atoms with Crippen molar-refractivity contribution < 1.29 is 14.6 Å². The van der Waals surface area contributed by atoms with Gasteiger partial charge in [-0.05, 0) is 55.6 Å². The lowest BCUT2D eigenvalue weighted by molar-refractivity contribution is 0.0606. The van der Waals surface area contributed by atoms with Crippen molar-refractivity contribution in [1.29, 1.82) is 0 Å². The van der Waals surface area contributed by atoms with Crippen molar-refractivity contribution in [2.45, 2.75) is 38.0 Å². The minimum atomic E-state index is -0.267. The molecule has 1 aromatic heterocycles. The smallest absolute Gasteiger partial charge is 0.348 e. The molecule has 3 nitrogen and oxygen atoms in total. The van der Waals surface area contributed by atoms with Crippen molar-refractivity contribution >= 4 is 28.9 Å². The summed E-state index contributed by atoms with van der Waals surface area (Å²) in [4.78, 5) is 13.3. The molecule has 21 heavy (non-hydrogen) atoms. The Morgan fingerprint density at radius 1 is 1.48 bits per heavy atom. The molecule has 0 amide bonds. The van der Waals surface area contributed by atoms with E-state index in [0.29, 0.717) is 22.6 Å². The predicted octanol–water partition coefficient (Wildman–Crippen LogP) is 3.73. The maximum absolute atomic E-state index is 11.4. The summed E-state index contributed by atoms with van der Waals surface area (Å²) in [5.74, 6) is 0.986. The molecular weight excluding hydrogens is 308 g/mol. The van der Waals surface area contributed by atoms with Gasteiger partial charge in [0.25, 0.3) is 0 Å². The van der Waals surface area contributed by atoms with Crippen LogP contribution >= 0.6 is 22.9 Å². The van der Waals surface area contributed by atoms with Crippen LogP contribution in [0, 0.1) is 17.8 Å². The van der Waals surface area contributed by atoms with Crippen LogP contribution in [0.4, 0.5) is 0 Å². The molecule has 0 saturated heterocycles. The Labute approximate surface area is 135 Å². The van der Waals surface area contributed by atoms with Crippen LogP contribution in [0.5, 0.6) is 0 Å². The standard InChI is InChI=1S/C16H23ClO3S/c1-10-8-14(17)12(13(10)9-18)5-3-4-11-6-7-15(21-11)16(19)20-2/h6-7,10,12-14,18H,3-5,8-9H2,1-2H3/t10-,12?,13+,14-/m1/s1. The van der Waals surface area contributed by atoms with Crippen LogP contribution < -0.4 is 0 Å². The molecule has 1 unspecified atom stereocenters. The Balaban J connectivity index is 1.84. The molecule has 1 aliphatic rings. The van der Waals surface area contributed by atoms with Crippen molar-refractivity contribution in [2.75, 3.05) is 13.7 Å². The van der Waals surface area contributed by atoms with Gasteiger partial charge in [0.2, 0.25) is 0 Å². The minimum Gasteiger partial charge on any atom is -0.465 e. The van der Waals surface area contributed by atoms with E-state index in [1.54, 1.807) is 0 Å². The first-order valence-corrected chi connectivity index (χ1v) is 8.74. The second kappa shape index (κ2) is 7.61. The van der Waals surface area contributed by atoms with Gasteiger partial charge in [-0.3, -0.25) is 0 Å². The van der Waals surface area contributed by atoms with Crippen LogP contribution in [0.25, 0.3) is 0 Å². The third-order valence-electron chi connectivity index (χ3n) is 4.56. The number of hydrogen-bond acceptors (Lipinski definition) is 4. The zero-order valence-corrected chi connectivity index (χ0v) is 14.1. The van der Waals surface area contributed by atoms with Crippen molar-refractivity contribution in [3.63, 3.8) is 0 Å². The van der Waals surface area contributed by atoms with Crippen molar-refractivity contribution in [2.24, 2.45) is 17.8 Å². The molecule has 1 aromatic rings. The number of halogens is 1. The molecule has 5 heteroatoms. The number of thiophene rings is 1. The van der Waals surface area contributed by atoms with Gasteiger partial charge in [-0.15, -0.1) is 22.9 Å². The molecule has 1 fully saturated rings. The molecule has 118 valence electrons. The van der Waals surface area contributed by atoms with Gasteiger partial charge in [0, 0.05) is 16.9 Å². The Bertz CT molecular complexity index is 474. The largest absolute Gasteiger partial charge is 0.465 e. The summed E-state index contributed by atoms with van der Waals surface area (Å²) < 4.78 is 4.72. The first kappa shape index (κ1) is 16.8. The lowest BCUT2D eigenvalue weighted by Crippen LogP contribution is -2.20. The summed E-state index contributed by atoms with van der Waals surface area (Å²) in [7, 11) is 1.40. The molecule has 1 aliphatic carbocycles. The summed E-state index contributed by atoms with van der Waals surface area (Å²) in [5.41, 5.74) is 0. The molecule has 0 aliphatic heterocycles. The second-order valence-corrected chi connectivity index (χ2v) is 7.62. The van der Waals surface area contributed by atoms with E-state index in [1.807, 2.05) is 12.1 Å². The Morgan fingerprint density at radius 3 is 2.90 bits per heavy atom. The normalized spacial score (nSPS) is 28.8. The number of hydrogen-bond donors (Lipinski definition) is 1. The lowest BCUT2D eigenvalue weighted by Gasteiger charge is -2.21. The number of aliphatic hydroxyl groups excluding tert-OH is 1. The van der Waals surface area contributed by atoms with Crippen LogP contribution in [0.1, 0.15) is 40.7 Å². The molecule has 1 saturated carbocycles. The predicted molar refractivity (Wildman–Crippen MR) is 86.1 cm³/mol. The summed E-state index contributed by atoms with van der Waals surface area (Å²) in [6.45, 7) is 2.42. The van der Waals surface area contributed by atoms with Gasteiger partial charge in [0.1, 0.15) is 4.88 Å². The fourth-order valence-corrected chi connectivity index (χ4v) is 4.90. The van der Waals surface area contributed by atoms with Crippen molar-refractivity contribution in [3.05, 3.63) is 21.9 Å². The Kier molecular flexibility index (Phi) is 6.08. The molecule has 1 heterocycles. The molecule has 0 spiro atoms. The number of aryl methyl sites for hydroxylation is 1. The first-order valence-electron chi connectivity index (χ1n) is 7.48. The van der Waals surface area contributed by atoms with Gasteiger partial charge in [-0.2, -0.15) is 0 Å². The lowest BCUT2D eigenvalue weighted by atomic mass is 9.87. The zero-order chi connectivity index (χ0) is 15.4. The van der Waals surface area contributed by atoms with Gasteiger partial charge in [-0.1, -0.05) is 6.92 Å². The van der Waals surface area contributed by atoms with Crippen molar-refractivity contribution in [3.8, 4) is 0 Å². The fourth-order valence-electron chi connectivity index (χ4n) is 3.34. The number of aliphatic hydroxyl groups is 1. The topological polar surface area (TPSA) is 46.5 Å². The zero-order valence-electron chi connectivity index (χ0n) is 12.5. The summed E-state index contributed by atoms with van der Waals surface area (Å²) in [5, 5.41) is 9.71. The van der Waals surface area contributed by atoms with Gasteiger partial charge < -0.3 is 9.84 Å². The second-order valence-electron chi connectivity index (χ2n) is 5.89. The van der Waals surface area contributed by atoms with E-state index >= 15 is 0 Å². The number of carbonyl (C=O) groups excluding carboxylic acids is 1. The fraction of sp³-hybridized carbons (Fsp3) is 0.688. The van der Waals surface area contributed by atoms with Crippen LogP contribution in [-0.2, 0) is 11.2 Å². The number of methoxy groups -OCH3 is 1. The quantitative estimate of drug-likeness (QED) is 0.638. The highest BCUT2D eigenvalue weighted by molar-refractivity contribution is 7.13. The van der Waals surface area contributed by atoms with Crippen LogP contribution in [0.2, 0.25) is 0 Å². The van der Waals surface area contributed by atoms with Crippen LogP contribution in [-0.4, -0.2) is 30.2 Å². The molecule has 0 aromatic carbocycles. The molecule has 4 atom stereocenters. The van der Waals surface area contributed by atoms with E-state index in [2.05, 4.69) is 6.92 Å². The first-order chi connectivity index (χ1) is 10.1. The molecule has 1 N–H and O–H groups in total. The summed E-state index contributed by atoms with van der Waals surface area (Å²) in [6.07, 6.45) is 4.03. The van der Waals surface area contributed by atoms with Crippen LogP contribution in [0.3, 0.4) is 0 Å². The maximum Gasteiger partial charge on any atom is 0.348 e. The van der Waals surface area contributed by atoms with Crippen LogP contribution in [0.15, 0.2) is 12.1 Å². The number of carbonyl (C=O) groups is 1. The van der Waals surface area contributed by atoms with Gasteiger partial charge in [0.15, 0.2) is 0 Å². The number of esters is 1. The SMILES string of the molecule is COC(=O)c1ccc(CCCC2[C@H](Cl)C[C@@H](C)[C@@H]2CO)s1. The highest BCUT2D eigenvalue weighted by Gasteiger charge is 2.38. The number of ether oxygens (including phenoxy) is 1. The Hall–Kier alpha value is -0.580. The van der Waals surface area contributed by atoms with E-state index in [0.717, 1.165) is 25.7 Å². The van der Waals surface area contributed by atoms with Gasteiger partial charge >= 0.3 is 5.97 Å².